The van der Waals surface area contributed by atoms with E-state index in [9.17, 15) is 60.3 Å². The molecule has 1 atom stereocenters. The van der Waals surface area contributed by atoms with E-state index in [0.717, 1.165) is 52.7 Å². The van der Waals surface area contributed by atoms with Crippen molar-refractivity contribution in [3.05, 3.63) is 141 Å². The predicted molar refractivity (Wildman–Crippen MR) is 331 cm³/mol. The Kier molecular flexibility index (Phi) is 40.5. The second-order valence-corrected chi connectivity index (χ2v) is 21.2. The third-order valence-corrected chi connectivity index (χ3v) is 13.8. The first-order valence-corrected chi connectivity index (χ1v) is 30.1. The van der Waals surface area contributed by atoms with Crippen molar-refractivity contribution >= 4 is 112 Å². The van der Waals surface area contributed by atoms with Gasteiger partial charge < -0.3 is 49.8 Å². The minimum absolute atomic E-state index is 0.0116. The molecule has 1 unspecified atom stereocenters. The summed E-state index contributed by atoms with van der Waals surface area (Å²) < 4.78 is 87.4. The fourth-order valence-electron chi connectivity index (χ4n) is 7.88. The highest BCUT2D eigenvalue weighted by atomic mass is 79.9. The number of nitrogens with zero attached hydrogens (tertiary/aromatic N) is 5. The smallest absolute Gasteiger partial charge is 0.412 e. The SMILES string of the molecule is CCCBr.CCCN1CCOC1=O.Cc1cccc(N)c1.O=C(NC1CC(F)(F)C1)C(c1ccccc1Cl)N(C(=O)CN1CCOC1=O)c1cccc(F)c1.O=C1NCCO1.O=C=O.O=C=O.O=COCN1CCOC1=O.O=Cc1ccccc1Cl.[C-]#[N+]C1CC(F)(F)C1. The zero-order valence-corrected chi connectivity index (χ0v) is 54.2. The van der Waals surface area contributed by atoms with Gasteiger partial charge in [-0.25, -0.2) is 47.7 Å². The summed E-state index contributed by atoms with van der Waals surface area (Å²) in [5, 5.41) is 6.80. The van der Waals surface area contributed by atoms with Crippen molar-refractivity contribution in [3.63, 3.8) is 0 Å². The van der Waals surface area contributed by atoms with Crippen LogP contribution < -0.4 is 21.3 Å². The molecular weight excluding hydrogens is 1360 g/mol. The van der Waals surface area contributed by atoms with E-state index in [2.05, 4.69) is 52.5 Å². The third kappa shape index (κ3) is 32.9. The van der Waals surface area contributed by atoms with Crippen molar-refractivity contribution in [1.82, 2.24) is 25.3 Å². The molecule has 0 bridgehead atoms. The lowest BCUT2D eigenvalue weighted by Gasteiger charge is -2.38. The fraction of sp³-hybridized carbons (Fsp3) is 0.426. The Hall–Kier alpha value is -9.20. The molecule has 25 nitrogen and oxygen atoms in total. The van der Waals surface area contributed by atoms with Crippen LogP contribution in [0.3, 0.4) is 0 Å². The number of cyclic esters (lactones) is 4. The summed E-state index contributed by atoms with van der Waals surface area (Å²) in [4.78, 5) is 130. The number of nitrogens with one attached hydrogen (secondary N) is 2. The number of halogens is 8. The maximum atomic E-state index is 14.1. The first-order valence-electron chi connectivity index (χ1n) is 28.3. The number of alkyl carbamates (subject to hydrolysis) is 1. The van der Waals surface area contributed by atoms with Gasteiger partial charge in [-0.2, -0.15) is 19.2 Å². The summed E-state index contributed by atoms with van der Waals surface area (Å²) >= 11 is 15.2. The van der Waals surface area contributed by atoms with Gasteiger partial charge in [0.25, 0.3) is 18.3 Å². The van der Waals surface area contributed by atoms with Crippen LogP contribution in [0, 0.1) is 19.3 Å². The van der Waals surface area contributed by atoms with Gasteiger partial charge in [0.2, 0.25) is 17.9 Å². The Morgan fingerprint density at radius 1 is 0.777 bits per heavy atom. The number of hydrogen-bond donors (Lipinski definition) is 3. The third-order valence-electron chi connectivity index (χ3n) is 12.3. The van der Waals surface area contributed by atoms with Crippen LogP contribution >= 0.6 is 39.1 Å². The molecule has 512 valence electrons. The molecule has 6 amide bonds. The van der Waals surface area contributed by atoms with Crippen molar-refractivity contribution in [2.45, 2.75) is 89.3 Å². The summed E-state index contributed by atoms with van der Waals surface area (Å²) in [6.07, 6.45) is 0.407. The molecule has 0 radical (unpaired) electrons. The minimum Gasteiger partial charge on any atom is -0.448 e. The number of aryl methyl sites for hydroxylation is 1. The zero-order valence-electron chi connectivity index (χ0n) is 51.1. The number of ether oxygens (including phenoxy) is 5. The van der Waals surface area contributed by atoms with Crippen molar-refractivity contribution < 1.29 is 103 Å². The molecule has 6 aliphatic rings. The first kappa shape index (κ1) is 82.8. The summed E-state index contributed by atoms with van der Waals surface area (Å²) in [6, 6.07) is 23.4. The van der Waals surface area contributed by atoms with E-state index >= 15 is 0 Å². The molecule has 94 heavy (non-hydrogen) atoms. The van der Waals surface area contributed by atoms with Crippen LogP contribution in [0.2, 0.25) is 10.0 Å². The Morgan fingerprint density at radius 2 is 1.31 bits per heavy atom. The van der Waals surface area contributed by atoms with E-state index in [4.69, 9.17) is 64.2 Å². The number of anilines is 2. The monoisotopic (exact) mass is 1430 g/mol. The lowest BCUT2D eigenvalue weighted by Crippen LogP contribution is -2.54. The van der Waals surface area contributed by atoms with Crippen LogP contribution in [-0.2, 0) is 57.2 Å². The van der Waals surface area contributed by atoms with Crippen LogP contribution in [0.4, 0.5) is 52.5 Å². The van der Waals surface area contributed by atoms with Crippen LogP contribution in [0.15, 0.2) is 97.1 Å². The number of carbonyl (C=O) groups excluding carboxylic acids is 12. The van der Waals surface area contributed by atoms with Crippen LogP contribution in [-0.4, -0.2) is 178 Å². The van der Waals surface area contributed by atoms with Gasteiger partial charge in [-0.15, -0.1) is 0 Å². The highest BCUT2D eigenvalue weighted by molar-refractivity contribution is 9.09. The first-order chi connectivity index (χ1) is 44.7. The second-order valence-electron chi connectivity index (χ2n) is 19.6. The number of amides is 6. The lowest BCUT2D eigenvalue weighted by molar-refractivity contribution is -0.193. The molecule has 2 aliphatic carbocycles. The Morgan fingerprint density at radius 3 is 1.69 bits per heavy atom. The van der Waals surface area contributed by atoms with E-state index in [1.165, 1.54) is 47.2 Å². The van der Waals surface area contributed by atoms with Crippen molar-refractivity contribution in [3.8, 4) is 0 Å². The number of rotatable bonds is 14. The number of nitrogen functional groups attached to an aromatic ring is 1. The predicted octanol–water partition coefficient (Wildman–Crippen LogP) is 10.1. The summed E-state index contributed by atoms with van der Waals surface area (Å²) in [5.74, 6) is -7.51. The van der Waals surface area contributed by atoms with E-state index in [-0.39, 0.29) is 73.5 Å². The molecule has 33 heteroatoms. The van der Waals surface area contributed by atoms with Gasteiger partial charge in [0.1, 0.15) is 44.8 Å². The topological polar surface area (TPSA) is 318 Å². The Bertz CT molecular complexity index is 3110. The van der Waals surface area contributed by atoms with Gasteiger partial charge in [0.15, 0.2) is 13.0 Å². The quantitative estimate of drug-likeness (QED) is 0.0264. The van der Waals surface area contributed by atoms with Gasteiger partial charge in [-0.1, -0.05) is 108 Å². The minimum atomic E-state index is -2.87. The van der Waals surface area contributed by atoms with Crippen molar-refractivity contribution in [2.24, 2.45) is 0 Å². The van der Waals surface area contributed by atoms with E-state index in [1.54, 1.807) is 41.3 Å². The summed E-state index contributed by atoms with van der Waals surface area (Å²) in [6.45, 7) is 16.9. The molecule has 0 spiro atoms. The van der Waals surface area contributed by atoms with Crippen LogP contribution in [0.5, 0.6) is 0 Å². The molecule has 10 rings (SSSR count). The number of benzene rings is 4. The van der Waals surface area contributed by atoms with Crippen LogP contribution in [0.25, 0.3) is 4.85 Å². The summed E-state index contributed by atoms with van der Waals surface area (Å²) in [5.41, 5.74) is 8.31. The number of carbonyl (C=O) groups is 8. The molecular formula is C61H70BrCl2F5N8O17. The van der Waals surface area contributed by atoms with E-state index < -0.39 is 79.2 Å². The van der Waals surface area contributed by atoms with Gasteiger partial charge in [0.05, 0.1) is 44.0 Å². The maximum Gasteiger partial charge on any atom is 0.412 e. The second kappa shape index (κ2) is 46.0. The van der Waals surface area contributed by atoms with E-state index in [0.29, 0.717) is 50.0 Å². The highest BCUT2D eigenvalue weighted by Crippen LogP contribution is 2.40. The average molecular weight is 1430 g/mol. The molecule has 6 fully saturated rings. The zero-order chi connectivity index (χ0) is 70.7. The maximum absolute atomic E-state index is 14.1. The van der Waals surface area contributed by atoms with Gasteiger partial charge >= 0.3 is 36.7 Å². The van der Waals surface area contributed by atoms with Crippen molar-refractivity contribution in [1.29, 1.82) is 0 Å². The Balaban J connectivity index is 0.000000601. The highest BCUT2D eigenvalue weighted by Gasteiger charge is 2.50. The number of alkyl halides is 5. The van der Waals surface area contributed by atoms with Gasteiger partial charge in [-0.05, 0) is 67.8 Å². The largest absolute Gasteiger partial charge is 0.448 e. The number of aldehydes is 1. The van der Waals surface area contributed by atoms with E-state index in [1.807, 2.05) is 38.1 Å². The number of hydrogen-bond acceptors (Lipinski definition) is 18. The number of nitrogens with two attached hydrogens (primary N) is 1. The van der Waals surface area contributed by atoms with Crippen molar-refractivity contribution in [2.75, 3.05) is 88.4 Å². The Labute approximate surface area is 556 Å². The van der Waals surface area contributed by atoms with Gasteiger partial charge in [0, 0.05) is 58.3 Å². The normalized spacial score (nSPS) is 15.7. The summed E-state index contributed by atoms with van der Waals surface area (Å²) in [7, 11) is 0. The van der Waals surface area contributed by atoms with Crippen LogP contribution in [0.1, 0.15) is 79.9 Å². The molecule has 2 saturated carbocycles. The molecule has 4 aliphatic heterocycles. The lowest BCUT2D eigenvalue weighted by atomic mass is 9.87. The average Bonchev–Trinajstić information content (AvgIpc) is 0.871. The molecule has 0 aromatic heterocycles. The molecule has 4 saturated heterocycles. The van der Waals surface area contributed by atoms with Gasteiger partial charge in [-0.3, -0.25) is 33.9 Å². The molecule has 4 heterocycles. The standard InChI is InChI=1S/C23H21ClF3N3O4.C7H5ClO.C7H9N.C6H11NO2.C5H5F2N.C5H7NO4.C3H7Br.C3H5NO2.2CO2/c24-18-7-2-1-6-17(18)20(21(32)28-15-11-23(26,27)12-15)30(16-5-3-4-14(25)10-16)19(31)13-29-8-9-34-22(29)33;8-7-4-2-1-3-6(7)5-9;1-6-3-2-4-7(8)5-6;1-2-3-7-4-5-9-6(7)8;1-8-4-2-5(6,7)3-4;7-4-9-3-6-1-2-10-5(6)8;1-2-3-4;5-3-4-1-2-6-3;2*2-1-3/h1-7,10,15,20H,8-9,11-13H2,(H,28,32);1-5H;2-5H,8H2,1H3;2-5H2,1H3;4H,2-3H2;4H,1-3H2;2-3H2,1H3;1-2H2,(H,4,5);;. The fourth-order valence-corrected chi connectivity index (χ4v) is 8.30. The molecule has 4 aromatic carbocycles. The molecule has 4 aromatic rings. The molecule has 4 N–H and O–H groups in total.